The lowest BCUT2D eigenvalue weighted by Crippen LogP contribution is -2.30. The van der Waals surface area contributed by atoms with Crippen molar-refractivity contribution in [3.63, 3.8) is 0 Å². The van der Waals surface area contributed by atoms with Crippen molar-refractivity contribution in [1.82, 2.24) is 14.8 Å². The molecule has 1 N–H and O–H groups in total. The van der Waals surface area contributed by atoms with E-state index in [2.05, 4.69) is 26.2 Å². The number of esters is 1. The van der Waals surface area contributed by atoms with Crippen LogP contribution in [0, 0.1) is 0 Å². The van der Waals surface area contributed by atoms with Gasteiger partial charge < -0.3 is 19.5 Å². The normalized spacial score (nSPS) is 14.7. The summed E-state index contributed by atoms with van der Waals surface area (Å²) < 4.78 is 20.2. The number of thioether (sulfide) groups is 1. The van der Waals surface area contributed by atoms with Crippen molar-refractivity contribution in [3.8, 4) is 11.5 Å². The topological polar surface area (TPSA) is 87.5 Å². The van der Waals surface area contributed by atoms with Crippen LogP contribution in [0.5, 0.6) is 11.5 Å². The molecule has 0 saturated heterocycles. The molecule has 0 radical (unpaired) electrons. The van der Waals surface area contributed by atoms with Gasteiger partial charge in [0.15, 0.2) is 11.5 Å². The summed E-state index contributed by atoms with van der Waals surface area (Å²) >= 11 is 5.23. The Hall–Kier alpha value is -2.98. The van der Waals surface area contributed by atoms with Gasteiger partial charge in [0.1, 0.15) is 12.6 Å². The molecule has 10 heteroatoms. The van der Waals surface area contributed by atoms with Gasteiger partial charge in [-0.1, -0.05) is 55.9 Å². The van der Waals surface area contributed by atoms with Crippen molar-refractivity contribution in [2.24, 2.45) is 0 Å². The number of carbonyl (C=O) groups is 1. The Morgan fingerprint density at radius 1 is 1.16 bits per heavy atom. The number of carbonyl (C=O) groups excluding carboxylic acids is 1. The number of hydrogen-bond donors (Lipinski definition) is 1. The van der Waals surface area contributed by atoms with Crippen LogP contribution < -0.4 is 14.8 Å². The molecule has 2 aromatic carbocycles. The number of nitrogens with zero attached hydrogens (tertiary/aromatic N) is 3. The van der Waals surface area contributed by atoms with E-state index in [9.17, 15) is 4.79 Å². The SMILES string of the molecule is CCCOC(=O)C1=C(C)Nc2nc(SCC)nn2C1c1cc(Br)c(OCc2ccccc2)c(OCC)c1. The van der Waals surface area contributed by atoms with E-state index < -0.39 is 6.04 Å². The van der Waals surface area contributed by atoms with Crippen LogP contribution in [0.1, 0.15) is 51.3 Å². The maximum atomic E-state index is 13.3. The van der Waals surface area contributed by atoms with Crippen molar-refractivity contribution in [2.75, 3.05) is 24.3 Å². The summed E-state index contributed by atoms with van der Waals surface area (Å²) in [6, 6.07) is 13.2. The molecule has 2 heterocycles. The summed E-state index contributed by atoms with van der Waals surface area (Å²) in [5.74, 6) is 2.19. The molecule has 37 heavy (non-hydrogen) atoms. The Balaban J connectivity index is 1.78. The molecule has 0 fully saturated rings. The van der Waals surface area contributed by atoms with E-state index in [0.29, 0.717) is 58.2 Å². The first-order chi connectivity index (χ1) is 18.0. The van der Waals surface area contributed by atoms with Gasteiger partial charge >= 0.3 is 5.97 Å². The summed E-state index contributed by atoms with van der Waals surface area (Å²) in [6.45, 7) is 8.98. The van der Waals surface area contributed by atoms with E-state index in [1.54, 1.807) is 16.4 Å². The van der Waals surface area contributed by atoms with Crippen molar-refractivity contribution in [1.29, 1.82) is 0 Å². The van der Waals surface area contributed by atoms with Gasteiger partial charge in [0.05, 0.1) is 23.3 Å². The third-order valence-electron chi connectivity index (χ3n) is 5.64. The van der Waals surface area contributed by atoms with Crippen LogP contribution in [-0.4, -0.2) is 39.7 Å². The molecule has 1 unspecified atom stereocenters. The molecule has 0 amide bonds. The monoisotopic (exact) mass is 586 g/mol. The maximum Gasteiger partial charge on any atom is 0.338 e. The van der Waals surface area contributed by atoms with E-state index in [1.165, 1.54) is 0 Å². The number of anilines is 1. The number of benzene rings is 2. The third kappa shape index (κ3) is 6.13. The molecular weight excluding hydrogens is 556 g/mol. The van der Waals surface area contributed by atoms with E-state index >= 15 is 0 Å². The molecule has 3 aromatic rings. The van der Waals surface area contributed by atoms with Crippen molar-refractivity contribution < 1.29 is 19.0 Å². The fourth-order valence-electron chi connectivity index (χ4n) is 4.05. The summed E-state index contributed by atoms with van der Waals surface area (Å²) in [5, 5.41) is 8.60. The van der Waals surface area contributed by atoms with Crippen LogP contribution in [-0.2, 0) is 16.1 Å². The lowest BCUT2D eigenvalue weighted by atomic mass is 9.95. The van der Waals surface area contributed by atoms with Crippen LogP contribution in [0.2, 0.25) is 0 Å². The second-order valence-electron chi connectivity index (χ2n) is 8.33. The standard InChI is InChI=1S/C27H31BrN4O4S/c1-5-13-35-25(33)22-17(4)29-26-30-27(37-7-3)31-32(26)23(22)19-14-20(28)24(21(15-19)34-6-2)36-16-18-11-9-8-10-12-18/h8-12,14-15,23H,5-7,13,16H2,1-4H3,(H,29,30,31). The lowest BCUT2D eigenvalue weighted by Gasteiger charge is -2.29. The third-order valence-corrected chi connectivity index (χ3v) is 6.95. The Labute approximate surface area is 229 Å². The Morgan fingerprint density at radius 3 is 2.65 bits per heavy atom. The van der Waals surface area contributed by atoms with Crippen LogP contribution in [0.15, 0.2) is 63.4 Å². The van der Waals surface area contributed by atoms with Gasteiger partial charge in [-0.25, -0.2) is 9.48 Å². The quantitative estimate of drug-likeness (QED) is 0.205. The maximum absolute atomic E-state index is 13.3. The highest BCUT2D eigenvalue weighted by Gasteiger charge is 2.36. The van der Waals surface area contributed by atoms with Crippen molar-refractivity contribution in [3.05, 3.63) is 69.3 Å². The molecule has 1 aliphatic rings. The largest absolute Gasteiger partial charge is 0.490 e. The van der Waals surface area contributed by atoms with Gasteiger partial charge in [-0.3, -0.25) is 0 Å². The fourth-order valence-corrected chi connectivity index (χ4v) is 5.17. The molecule has 196 valence electrons. The molecule has 4 rings (SSSR count). The highest BCUT2D eigenvalue weighted by Crippen LogP contribution is 2.43. The zero-order chi connectivity index (χ0) is 26.4. The number of aromatic nitrogens is 3. The minimum atomic E-state index is -0.557. The molecule has 1 aliphatic heterocycles. The van der Waals surface area contributed by atoms with E-state index in [-0.39, 0.29) is 5.97 Å². The molecule has 1 aromatic heterocycles. The zero-order valence-corrected chi connectivity index (χ0v) is 23.8. The predicted molar refractivity (Wildman–Crippen MR) is 148 cm³/mol. The Morgan fingerprint density at radius 2 is 1.95 bits per heavy atom. The summed E-state index contributed by atoms with van der Waals surface area (Å²) in [5.41, 5.74) is 3.00. The summed E-state index contributed by atoms with van der Waals surface area (Å²) in [4.78, 5) is 17.9. The molecule has 8 nitrogen and oxygen atoms in total. The molecular formula is C27H31BrN4O4S. The molecule has 1 atom stereocenters. The number of halogens is 1. The van der Waals surface area contributed by atoms with E-state index in [1.807, 2.05) is 70.2 Å². The second-order valence-corrected chi connectivity index (χ2v) is 10.4. The Kier molecular flexibility index (Phi) is 9.15. The summed E-state index contributed by atoms with van der Waals surface area (Å²) in [6.07, 6.45) is 0.732. The van der Waals surface area contributed by atoms with Crippen LogP contribution in [0.4, 0.5) is 5.95 Å². The van der Waals surface area contributed by atoms with Gasteiger partial charge in [-0.2, -0.15) is 4.98 Å². The highest BCUT2D eigenvalue weighted by molar-refractivity contribution is 9.10. The minimum Gasteiger partial charge on any atom is -0.490 e. The van der Waals surface area contributed by atoms with Gasteiger partial charge in [0.2, 0.25) is 11.1 Å². The smallest absolute Gasteiger partial charge is 0.338 e. The van der Waals surface area contributed by atoms with E-state index in [4.69, 9.17) is 19.3 Å². The van der Waals surface area contributed by atoms with E-state index in [0.717, 1.165) is 23.3 Å². The highest BCUT2D eigenvalue weighted by atomic mass is 79.9. The number of nitrogens with one attached hydrogen (secondary N) is 1. The molecule has 0 saturated carbocycles. The zero-order valence-electron chi connectivity index (χ0n) is 21.4. The number of fused-ring (bicyclic) bond motifs is 1. The fraction of sp³-hybridized carbons (Fsp3) is 0.370. The molecule has 0 bridgehead atoms. The van der Waals surface area contributed by atoms with Crippen LogP contribution >= 0.6 is 27.7 Å². The predicted octanol–water partition coefficient (Wildman–Crippen LogP) is 6.37. The summed E-state index contributed by atoms with van der Waals surface area (Å²) in [7, 11) is 0. The average Bonchev–Trinajstić information content (AvgIpc) is 3.28. The minimum absolute atomic E-state index is 0.337. The van der Waals surface area contributed by atoms with Crippen LogP contribution in [0.25, 0.3) is 0 Å². The lowest BCUT2D eigenvalue weighted by molar-refractivity contribution is -0.139. The van der Waals surface area contributed by atoms with Gasteiger partial charge in [-0.05, 0) is 65.2 Å². The number of ether oxygens (including phenoxy) is 3. The number of hydrogen-bond acceptors (Lipinski definition) is 8. The molecule has 0 aliphatic carbocycles. The first-order valence-electron chi connectivity index (χ1n) is 12.3. The van der Waals surface area contributed by atoms with Crippen molar-refractivity contribution in [2.45, 2.75) is 51.9 Å². The number of rotatable bonds is 11. The van der Waals surface area contributed by atoms with Gasteiger partial charge in [0, 0.05) is 5.70 Å². The first-order valence-corrected chi connectivity index (χ1v) is 14.1. The average molecular weight is 588 g/mol. The first kappa shape index (κ1) is 27.1. The van der Waals surface area contributed by atoms with Gasteiger partial charge in [0.25, 0.3) is 0 Å². The van der Waals surface area contributed by atoms with Crippen LogP contribution in [0.3, 0.4) is 0 Å². The van der Waals surface area contributed by atoms with Gasteiger partial charge in [-0.15, -0.1) is 5.10 Å². The molecule has 0 spiro atoms. The van der Waals surface area contributed by atoms with Crippen molar-refractivity contribution >= 4 is 39.6 Å². The Bertz CT molecular complexity index is 1280. The second kappa shape index (κ2) is 12.5. The number of allylic oxidation sites excluding steroid dienone is 1.